The van der Waals surface area contributed by atoms with Gasteiger partial charge in [-0.2, -0.15) is 0 Å². The Morgan fingerprint density at radius 2 is 1.90 bits per heavy atom. The molecular weight excluding hydrogens is 294 g/mol. The van der Waals surface area contributed by atoms with Crippen LogP contribution in [0.25, 0.3) is 11.6 Å². The number of nitro groups is 1. The molecule has 21 heavy (non-hydrogen) atoms. The van der Waals surface area contributed by atoms with Gasteiger partial charge < -0.3 is 5.11 Å². The number of carbonyl (C=O) groups is 1. The van der Waals surface area contributed by atoms with Crippen molar-refractivity contribution in [2.75, 3.05) is 0 Å². The van der Waals surface area contributed by atoms with Crippen LogP contribution >= 0.6 is 11.6 Å². The SMILES string of the molecule is O=C(O)/C(=C\c1cccc(Cl)c1)c1ccccc1[N+](=O)[O-]. The van der Waals surface area contributed by atoms with Crippen LogP contribution in [0, 0.1) is 10.1 Å². The second-order valence-corrected chi connectivity index (χ2v) is 4.63. The molecule has 6 heteroatoms. The van der Waals surface area contributed by atoms with Gasteiger partial charge in [0.1, 0.15) is 0 Å². The Hall–Kier alpha value is -2.66. The smallest absolute Gasteiger partial charge is 0.336 e. The summed E-state index contributed by atoms with van der Waals surface area (Å²) in [7, 11) is 0. The van der Waals surface area contributed by atoms with E-state index in [4.69, 9.17) is 11.6 Å². The Balaban J connectivity index is 2.60. The van der Waals surface area contributed by atoms with E-state index in [-0.39, 0.29) is 16.8 Å². The number of para-hydroxylation sites is 1. The second-order valence-electron chi connectivity index (χ2n) is 4.19. The van der Waals surface area contributed by atoms with Gasteiger partial charge in [0.2, 0.25) is 0 Å². The topological polar surface area (TPSA) is 80.4 Å². The molecule has 0 aliphatic carbocycles. The van der Waals surface area contributed by atoms with E-state index in [2.05, 4.69) is 0 Å². The molecule has 0 aliphatic rings. The van der Waals surface area contributed by atoms with Crippen molar-refractivity contribution in [1.82, 2.24) is 0 Å². The van der Waals surface area contributed by atoms with Crippen molar-refractivity contribution >= 4 is 34.9 Å². The van der Waals surface area contributed by atoms with E-state index in [0.717, 1.165) is 0 Å². The van der Waals surface area contributed by atoms with Crippen molar-refractivity contribution in [3.05, 3.63) is 74.8 Å². The van der Waals surface area contributed by atoms with Crippen molar-refractivity contribution in [2.24, 2.45) is 0 Å². The number of benzene rings is 2. The zero-order valence-corrected chi connectivity index (χ0v) is 11.4. The first-order valence-corrected chi connectivity index (χ1v) is 6.31. The molecule has 2 rings (SSSR count). The van der Waals surface area contributed by atoms with Gasteiger partial charge in [-0.1, -0.05) is 35.9 Å². The molecular formula is C15H10ClNO4. The highest BCUT2D eigenvalue weighted by atomic mass is 35.5. The van der Waals surface area contributed by atoms with Gasteiger partial charge in [0.15, 0.2) is 0 Å². The number of hydrogen-bond donors (Lipinski definition) is 1. The monoisotopic (exact) mass is 303 g/mol. The largest absolute Gasteiger partial charge is 0.478 e. The zero-order chi connectivity index (χ0) is 15.4. The standard InChI is InChI=1S/C15H10ClNO4/c16-11-5-3-4-10(8-11)9-13(15(18)19)12-6-1-2-7-14(12)17(20)21/h1-9H,(H,18,19)/b13-9-. The summed E-state index contributed by atoms with van der Waals surface area (Å²) >= 11 is 5.85. The molecule has 0 saturated heterocycles. The van der Waals surface area contributed by atoms with Gasteiger partial charge in [-0.3, -0.25) is 10.1 Å². The lowest BCUT2D eigenvalue weighted by Crippen LogP contribution is -2.03. The lowest BCUT2D eigenvalue weighted by molar-refractivity contribution is -0.385. The summed E-state index contributed by atoms with van der Waals surface area (Å²) in [6.45, 7) is 0. The summed E-state index contributed by atoms with van der Waals surface area (Å²) in [5, 5.41) is 20.8. The van der Waals surface area contributed by atoms with Crippen LogP contribution in [0.3, 0.4) is 0 Å². The van der Waals surface area contributed by atoms with E-state index < -0.39 is 10.9 Å². The first-order valence-electron chi connectivity index (χ1n) is 5.93. The molecule has 0 spiro atoms. The Morgan fingerprint density at radius 1 is 1.19 bits per heavy atom. The molecule has 0 aliphatic heterocycles. The Labute approximate surface area is 125 Å². The minimum Gasteiger partial charge on any atom is -0.478 e. The summed E-state index contributed by atoms with van der Waals surface area (Å²) in [5.74, 6) is -1.25. The van der Waals surface area contributed by atoms with Gasteiger partial charge in [-0.25, -0.2) is 4.79 Å². The van der Waals surface area contributed by atoms with Crippen LogP contribution in [0.5, 0.6) is 0 Å². The third kappa shape index (κ3) is 3.46. The second kappa shape index (κ2) is 6.19. The van der Waals surface area contributed by atoms with Crippen molar-refractivity contribution in [3.8, 4) is 0 Å². The normalized spacial score (nSPS) is 11.2. The average molecular weight is 304 g/mol. The number of aliphatic carboxylic acids is 1. The molecule has 0 unspecified atom stereocenters. The number of halogens is 1. The first kappa shape index (κ1) is 14.7. The number of hydrogen-bond acceptors (Lipinski definition) is 3. The van der Waals surface area contributed by atoms with Gasteiger partial charge in [-0.05, 0) is 29.8 Å². The van der Waals surface area contributed by atoms with Gasteiger partial charge in [0, 0.05) is 11.1 Å². The van der Waals surface area contributed by atoms with Crippen LogP contribution in [0.4, 0.5) is 5.69 Å². The molecule has 5 nitrogen and oxygen atoms in total. The number of nitrogens with zero attached hydrogens (tertiary/aromatic N) is 1. The van der Waals surface area contributed by atoms with Gasteiger partial charge >= 0.3 is 5.97 Å². The molecule has 0 aromatic heterocycles. The summed E-state index contributed by atoms with van der Waals surface area (Å²) in [5.41, 5.74) is 0.186. The molecule has 0 heterocycles. The highest BCUT2D eigenvalue weighted by molar-refractivity contribution is 6.30. The highest BCUT2D eigenvalue weighted by Crippen LogP contribution is 2.28. The van der Waals surface area contributed by atoms with Crippen LogP contribution in [0.15, 0.2) is 48.5 Å². The number of carboxylic acid groups (broad SMARTS) is 1. The summed E-state index contributed by atoms with van der Waals surface area (Å²) < 4.78 is 0. The molecule has 0 atom stereocenters. The molecule has 0 fully saturated rings. The zero-order valence-electron chi connectivity index (χ0n) is 10.7. The van der Waals surface area contributed by atoms with Crippen molar-refractivity contribution < 1.29 is 14.8 Å². The van der Waals surface area contributed by atoms with E-state index in [1.807, 2.05) is 0 Å². The van der Waals surface area contributed by atoms with Gasteiger partial charge in [0.05, 0.1) is 16.1 Å². The van der Waals surface area contributed by atoms with E-state index >= 15 is 0 Å². The fourth-order valence-electron chi connectivity index (χ4n) is 1.88. The number of carboxylic acids is 1. The maximum Gasteiger partial charge on any atom is 0.336 e. The summed E-state index contributed by atoms with van der Waals surface area (Å²) in [4.78, 5) is 21.9. The Morgan fingerprint density at radius 3 is 2.52 bits per heavy atom. The van der Waals surface area contributed by atoms with Crippen molar-refractivity contribution in [3.63, 3.8) is 0 Å². The van der Waals surface area contributed by atoms with Crippen LogP contribution in [-0.2, 0) is 4.79 Å². The van der Waals surface area contributed by atoms with Gasteiger partial charge in [0.25, 0.3) is 5.69 Å². The fourth-order valence-corrected chi connectivity index (χ4v) is 2.08. The number of nitro benzene ring substituents is 1. The predicted octanol–water partition coefficient (Wildman–Crippen LogP) is 3.87. The van der Waals surface area contributed by atoms with Gasteiger partial charge in [-0.15, -0.1) is 0 Å². The van der Waals surface area contributed by atoms with Crippen molar-refractivity contribution in [1.29, 1.82) is 0 Å². The van der Waals surface area contributed by atoms with E-state index in [1.165, 1.54) is 24.3 Å². The van der Waals surface area contributed by atoms with Crippen LogP contribution in [0.2, 0.25) is 5.02 Å². The lowest BCUT2D eigenvalue weighted by Gasteiger charge is -2.04. The predicted molar refractivity (Wildman–Crippen MR) is 80.1 cm³/mol. The molecule has 0 saturated carbocycles. The minimum atomic E-state index is -1.25. The molecule has 0 amide bonds. The third-order valence-corrected chi connectivity index (χ3v) is 3.02. The molecule has 1 N–H and O–H groups in total. The first-order chi connectivity index (χ1) is 9.99. The molecule has 2 aromatic rings. The molecule has 0 radical (unpaired) electrons. The highest BCUT2D eigenvalue weighted by Gasteiger charge is 2.20. The summed E-state index contributed by atoms with van der Waals surface area (Å²) in [6.07, 6.45) is 1.36. The lowest BCUT2D eigenvalue weighted by atomic mass is 10.0. The quantitative estimate of drug-likeness (QED) is 0.402. The van der Waals surface area contributed by atoms with Crippen LogP contribution in [-0.4, -0.2) is 16.0 Å². The molecule has 106 valence electrons. The molecule has 0 bridgehead atoms. The number of rotatable bonds is 4. The average Bonchev–Trinajstić information content (AvgIpc) is 2.44. The Bertz CT molecular complexity index is 740. The van der Waals surface area contributed by atoms with E-state index in [9.17, 15) is 20.0 Å². The van der Waals surface area contributed by atoms with Crippen LogP contribution in [0.1, 0.15) is 11.1 Å². The maximum atomic E-state index is 11.4. The minimum absolute atomic E-state index is 0.0509. The maximum absolute atomic E-state index is 11.4. The summed E-state index contributed by atoms with van der Waals surface area (Å²) in [6, 6.07) is 12.3. The third-order valence-electron chi connectivity index (χ3n) is 2.78. The van der Waals surface area contributed by atoms with E-state index in [1.54, 1.807) is 30.3 Å². The van der Waals surface area contributed by atoms with E-state index in [0.29, 0.717) is 10.6 Å². The van der Waals surface area contributed by atoms with Crippen LogP contribution < -0.4 is 0 Å². The van der Waals surface area contributed by atoms with Crippen molar-refractivity contribution in [2.45, 2.75) is 0 Å². The fraction of sp³-hybridized carbons (Fsp3) is 0. The molecule has 2 aromatic carbocycles. The Kier molecular flexibility index (Phi) is 4.35.